The van der Waals surface area contributed by atoms with Gasteiger partial charge < -0.3 is 11.1 Å². The van der Waals surface area contributed by atoms with Gasteiger partial charge in [-0.2, -0.15) is 0 Å². The summed E-state index contributed by atoms with van der Waals surface area (Å²) in [4.78, 5) is 24.1. The summed E-state index contributed by atoms with van der Waals surface area (Å²) >= 11 is 4.72. The van der Waals surface area contributed by atoms with E-state index in [4.69, 9.17) is 18.0 Å². The van der Waals surface area contributed by atoms with Crippen molar-refractivity contribution in [1.29, 1.82) is 0 Å². The van der Waals surface area contributed by atoms with E-state index >= 15 is 0 Å². The van der Waals surface area contributed by atoms with E-state index in [1.165, 1.54) is 0 Å². The Morgan fingerprint density at radius 2 is 2.14 bits per heavy atom. The van der Waals surface area contributed by atoms with Crippen molar-refractivity contribution >= 4 is 29.0 Å². The van der Waals surface area contributed by atoms with E-state index < -0.39 is 0 Å². The first-order valence-electron chi connectivity index (χ1n) is 7.06. The van der Waals surface area contributed by atoms with Gasteiger partial charge in [0.1, 0.15) is 0 Å². The van der Waals surface area contributed by atoms with Crippen molar-refractivity contribution < 1.29 is 9.59 Å². The van der Waals surface area contributed by atoms with E-state index in [-0.39, 0.29) is 28.6 Å². The molecule has 112 valence electrons. The largest absolute Gasteiger partial charge is 0.376 e. The van der Waals surface area contributed by atoms with Gasteiger partial charge in [-0.1, -0.05) is 18.6 Å². The Bertz CT molecular complexity index is 614. The van der Waals surface area contributed by atoms with E-state index in [0.29, 0.717) is 0 Å². The molecule has 2 unspecified atom stereocenters. The molecule has 2 aliphatic carbocycles. The van der Waals surface area contributed by atoms with Crippen LogP contribution in [0.25, 0.3) is 0 Å². The molecule has 0 aromatic carbocycles. The molecule has 0 aromatic rings. The highest BCUT2D eigenvalue weighted by atomic mass is 32.1. The molecule has 0 saturated carbocycles. The molecule has 0 radical (unpaired) electrons. The lowest BCUT2D eigenvalue weighted by atomic mass is 9.87. The summed E-state index contributed by atoms with van der Waals surface area (Å²) in [5.74, 6) is -0.265. The van der Waals surface area contributed by atoms with Crippen molar-refractivity contribution in [2.75, 3.05) is 0 Å². The second-order valence-corrected chi connectivity index (χ2v) is 6.21. The highest BCUT2D eigenvalue weighted by Gasteiger charge is 2.31. The Morgan fingerprint density at radius 1 is 1.48 bits per heavy atom. The van der Waals surface area contributed by atoms with E-state index in [9.17, 15) is 9.59 Å². The smallest absolute Gasteiger partial charge is 0.229 e. The molecule has 2 aliphatic rings. The maximum absolute atomic E-state index is 12.1. The third-order valence-corrected chi connectivity index (χ3v) is 4.35. The number of allylic oxidation sites excluding steroid dienone is 6. The maximum atomic E-state index is 12.1. The van der Waals surface area contributed by atoms with Gasteiger partial charge >= 0.3 is 0 Å². The molecule has 0 heterocycles. The Labute approximate surface area is 130 Å². The Balaban J connectivity index is 2.28. The number of nitrogens with one attached hydrogen (secondary N) is 1. The van der Waals surface area contributed by atoms with E-state index in [0.717, 1.165) is 35.1 Å². The van der Waals surface area contributed by atoms with Crippen LogP contribution in [-0.2, 0) is 9.59 Å². The molecule has 2 atom stereocenters. The van der Waals surface area contributed by atoms with E-state index in [1.54, 1.807) is 6.08 Å². The van der Waals surface area contributed by atoms with Crippen molar-refractivity contribution in [3.05, 3.63) is 34.4 Å². The Kier molecular flexibility index (Phi) is 4.42. The van der Waals surface area contributed by atoms with Gasteiger partial charge in [0.25, 0.3) is 0 Å². The number of nitrogens with two attached hydrogens (primary N) is 1. The van der Waals surface area contributed by atoms with Gasteiger partial charge in [-0.25, -0.2) is 0 Å². The summed E-state index contributed by atoms with van der Waals surface area (Å²) in [7, 11) is 0. The minimum absolute atomic E-state index is 0.00441. The molecule has 0 aliphatic heterocycles. The number of carbonyl (C=O) groups excluding carboxylic acids is 2. The first-order chi connectivity index (χ1) is 9.81. The third-order valence-electron chi connectivity index (χ3n) is 4.25. The predicted molar refractivity (Wildman–Crippen MR) is 86.4 cm³/mol. The lowest BCUT2D eigenvalue weighted by Crippen LogP contribution is -2.40. The zero-order valence-electron chi connectivity index (χ0n) is 12.5. The third kappa shape index (κ3) is 3.13. The average Bonchev–Trinajstić information content (AvgIpc) is 2.57. The minimum Gasteiger partial charge on any atom is -0.376 e. The van der Waals surface area contributed by atoms with Gasteiger partial charge in [0.2, 0.25) is 5.91 Å². The average molecular weight is 304 g/mol. The Morgan fingerprint density at radius 3 is 2.76 bits per heavy atom. The summed E-state index contributed by atoms with van der Waals surface area (Å²) in [5, 5.41) is 2.49. The summed E-state index contributed by atoms with van der Waals surface area (Å²) < 4.78 is 0. The van der Waals surface area contributed by atoms with Crippen LogP contribution in [0.15, 0.2) is 34.4 Å². The van der Waals surface area contributed by atoms with Crippen LogP contribution in [-0.4, -0.2) is 16.8 Å². The molecular formula is C16H20N2O2S. The molecule has 4 nitrogen and oxygen atoms in total. The second kappa shape index (κ2) is 5.93. The molecule has 21 heavy (non-hydrogen) atoms. The van der Waals surface area contributed by atoms with Crippen LogP contribution in [0, 0.1) is 11.8 Å². The van der Waals surface area contributed by atoms with Crippen molar-refractivity contribution in [1.82, 2.24) is 5.32 Å². The maximum Gasteiger partial charge on any atom is 0.229 e. The quantitative estimate of drug-likeness (QED) is 0.767. The molecule has 0 spiro atoms. The van der Waals surface area contributed by atoms with Gasteiger partial charge in [0, 0.05) is 11.5 Å². The highest BCUT2D eigenvalue weighted by Crippen LogP contribution is 2.38. The van der Waals surface area contributed by atoms with Crippen LogP contribution < -0.4 is 11.1 Å². The van der Waals surface area contributed by atoms with Crippen LogP contribution in [0.2, 0.25) is 0 Å². The molecule has 0 bridgehead atoms. The van der Waals surface area contributed by atoms with Crippen LogP contribution in [0.4, 0.5) is 0 Å². The zero-order chi connectivity index (χ0) is 15.7. The molecule has 0 fully saturated rings. The predicted octanol–water partition coefficient (Wildman–Crippen LogP) is 2.16. The van der Waals surface area contributed by atoms with Gasteiger partial charge in [0.05, 0.1) is 0 Å². The fourth-order valence-electron chi connectivity index (χ4n) is 2.96. The normalized spacial score (nSPS) is 23.0. The molecule has 0 saturated heterocycles. The molecule has 0 aromatic heterocycles. The summed E-state index contributed by atoms with van der Waals surface area (Å²) in [5.41, 5.74) is 9.24. The number of thiocarbonyl (C=S) groups is 1. The van der Waals surface area contributed by atoms with Crippen LogP contribution in [0.1, 0.15) is 33.6 Å². The number of rotatable bonds is 2. The topological polar surface area (TPSA) is 72.2 Å². The second-order valence-electron chi connectivity index (χ2n) is 5.77. The molecular weight excluding hydrogens is 284 g/mol. The highest BCUT2D eigenvalue weighted by molar-refractivity contribution is 7.80. The number of hydrogen-bond donors (Lipinski definition) is 2. The fraction of sp³-hybridized carbons (Fsp3) is 0.438. The van der Waals surface area contributed by atoms with Gasteiger partial charge in [0.15, 0.2) is 10.9 Å². The van der Waals surface area contributed by atoms with E-state index in [1.807, 2.05) is 20.8 Å². The lowest BCUT2D eigenvalue weighted by molar-refractivity contribution is -0.124. The number of amides is 1. The van der Waals surface area contributed by atoms with Gasteiger partial charge in [-0.15, -0.1) is 0 Å². The van der Waals surface area contributed by atoms with Crippen molar-refractivity contribution in [3.63, 3.8) is 0 Å². The molecule has 5 heteroatoms. The Hall–Kier alpha value is -1.75. The van der Waals surface area contributed by atoms with Gasteiger partial charge in [-0.05, 0) is 62.0 Å². The number of fused-ring (bicyclic) bond motifs is 1. The monoisotopic (exact) mass is 304 g/mol. The van der Waals surface area contributed by atoms with Crippen LogP contribution in [0.5, 0.6) is 0 Å². The van der Waals surface area contributed by atoms with Crippen LogP contribution >= 0.6 is 12.2 Å². The number of hydrogen-bond acceptors (Lipinski definition) is 3. The SMILES string of the molecule is CC1=CC(=O)C2=C(C)CCC(C(C)C(=O)NC(N)=S)C=C12. The lowest BCUT2D eigenvalue weighted by Gasteiger charge is -2.19. The van der Waals surface area contributed by atoms with Crippen molar-refractivity contribution in [3.8, 4) is 0 Å². The van der Waals surface area contributed by atoms with Crippen LogP contribution in [0.3, 0.4) is 0 Å². The fourth-order valence-corrected chi connectivity index (χ4v) is 3.06. The first kappa shape index (κ1) is 15.6. The minimum atomic E-state index is -0.241. The summed E-state index contributed by atoms with van der Waals surface area (Å²) in [6.45, 7) is 5.80. The number of carbonyl (C=O) groups is 2. The molecule has 1 amide bonds. The zero-order valence-corrected chi connectivity index (χ0v) is 13.3. The number of ketones is 1. The van der Waals surface area contributed by atoms with Crippen molar-refractivity contribution in [2.45, 2.75) is 33.6 Å². The van der Waals surface area contributed by atoms with Crippen molar-refractivity contribution in [2.24, 2.45) is 17.6 Å². The molecule has 3 N–H and O–H groups in total. The standard InChI is InChI=1S/C16H20N2O2S/c1-8-4-5-11(10(3)15(20)18-16(17)21)7-12-9(2)6-13(19)14(8)12/h6-7,10-11H,4-5H2,1-3H3,(H3,17,18,20,21). The molecule has 2 rings (SSSR count). The first-order valence-corrected chi connectivity index (χ1v) is 7.47. The summed E-state index contributed by atoms with van der Waals surface area (Å²) in [6.07, 6.45) is 5.39. The van der Waals surface area contributed by atoms with E-state index in [2.05, 4.69) is 11.4 Å². The summed E-state index contributed by atoms with van der Waals surface area (Å²) in [6, 6.07) is 0. The van der Waals surface area contributed by atoms with Gasteiger partial charge in [-0.3, -0.25) is 9.59 Å².